The van der Waals surface area contributed by atoms with Gasteiger partial charge >= 0.3 is 0 Å². The predicted octanol–water partition coefficient (Wildman–Crippen LogP) is 2.46. The first-order valence-corrected chi connectivity index (χ1v) is 7.74. The molecule has 0 bridgehead atoms. The molecule has 2 aromatic carbocycles. The zero-order valence-corrected chi connectivity index (χ0v) is 13.8. The summed E-state index contributed by atoms with van der Waals surface area (Å²) < 4.78 is 5.21. The number of hydrogen-bond donors (Lipinski definition) is 2. The highest BCUT2D eigenvalue weighted by Gasteiger charge is 2.16. The molecule has 3 N–H and O–H groups in total. The number of thiocarbonyl (C=S) groups is 1. The van der Waals surface area contributed by atoms with E-state index in [-0.39, 0.29) is 17.4 Å². The summed E-state index contributed by atoms with van der Waals surface area (Å²) in [6.45, 7) is 1.98. The maximum absolute atomic E-state index is 12.4. The first-order chi connectivity index (χ1) is 11.5. The lowest BCUT2D eigenvalue weighted by atomic mass is 10.2. The van der Waals surface area contributed by atoms with E-state index in [1.165, 1.54) is 5.01 Å². The molecule has 1 aromatic heterocycles. The van der Waals surface area contributed by atoms with Crippen molar-refractivity contribution < 1.29 is 9.32 Å². The zero-order chi connectivity index (χ0) is 17.1. The molecule has 0 unspecified atom stereocenters. The lowest BCUT2D eigenvalue weighted by Gasteiger charge is -2.23. The average Bonchev–Trinajstić information content (AvgIpc) is 2.96. The molecule has 0 fully saturated rings. The maximum Gasteiger partial charge on any atom is 0.245 e. The van der Waals surface area contributed by atoms with Crippen LogP contribution in [0.4, 0.5) is 5.69 Å². The molecule has 0 aliphatic rings. The molecule has 0 saturated heterocycles. The number of aryl methyl sites for hydroxylation is 1. The summed E-state index contributed by atoms with van der Waals surface area (Å²) in [6, 6.07) is 14.9. The number of fused-ring (bicyclic) bond motifs is 1. The van der Waals surface area contributed by atoms with E-state index in [0.717, 1.165) is 10.9 Å². The van der Waals surface area contributed by atoms with Crippen molar-refractivity contribution in [2.45, 2.75) is 13.3 Å². The van der Waals surface area contributed by atoms with Gasteiger partial charge in [0, 0.05) is 5.39 Å². The van der Waals surface area contributed by atoms with E-state index < -0.39 is 0 Å². The van der Waals surface area contributed by atoms with Crippen LogP contribution in [0.2, 0.25) is 0 Å². The highest BCUT2D eigenvalue weighted by molar-refractivity contribution is 7.80. The molecule has 0 radical (unpaired) electrons. The highest BCUT2D eigenvalue weighted by atomic mass is 32.1. The van der Waals surface area contributed by atoms with Gasteiger partial charge in [-0.3, -0.25) is 10.2 Å². The van der Waals surface area contributed by atoms with Crippen LogP contribution in [0.3, 0.4) is 0 Å². The Hall–Kier alpha value is -2.93. The van der Waals surface area contributed by atoms with Gasteiger partial charge < -0.3 is 10.3 Å². The third-order valence-electron chi connectivity index (χ3n) is 3.53. The fourth-order valence-corrected chi connectivity index (χ4v) is 2.47. The van der Waals surface area contributed by atoms with Crippen molar-refractivity contribution in [3.05, 3.63) is 59.8 Å². The van der Waals surface area contributed by atoms with Gasteiger partial charge in [0.25, 0.3) is 0 Å². The number of anilines is 1. The van der Waals surface area contributed by atoms with Gasteiger partial charge in [-0.2, -0.15) is 0 Å². The summed E-state index contributed by atoms with van der Waals surface area (Å²) in [5.41, 5.74) is 11.4. The lowest BCUT2D eigenvalue weighted by molar-refractivity contribution is -0.120. The number of nitrogens with one attached hydrogen (secondary N) is 1. The number of para-hydroxylation sites is 1. The SMILES string of the molecule is Cc1ccc(N(NC(=O)Cc2noc3ccccc23)C(N)=S)cc1. The number of nitrogens with two attached hydrogens (primary N) is 1. The normalized spacial score (nSPS) is 10.5. The van der Waals surface area contributed by atoms with Gasteiger partial charge in [-0.15, -0.1) is 0 Å². The molecule has 1 amide bonds. The van der Waals surface area contributed by atoms with Crippen molar-refractivity contribution in [1.82, 2.24) is 10.6 Å². The second-order valence-electron chi connectivity index (χ2n) is 5.35. The van der Waals surface area contributed by atoms with Crippen LogP contribution in [-0.2, 0) is 11.2 Å². The Balaban J connectivity index is 1.76. The van der Waals surface area contributed by atoms with Crippen LogP contribution >= 0.6 is 12.2 Å². The summed E-state index contributed by atoms with van der Waals surface area (Å²) in [4.78, 5) is 12.4. The van der Waals surface area contributed by atoms with Crippen LogP contribution < -0.4 is 16.2 Å². The van der Waals surface area contributed by atoms with Gasteiger partial charge in [-0.25, -0.2) is 5.01 Å². The third kappa shape index (κ3) is 3.36. The Kier molecular flexibility index (Phi) is 4.43. The molecule has 6 nitrogen and oxygen atoms in total. The van der Waals surface area contributed by atoms with Crippen LogP contribution in [0.5, 0.6) is 0 Å². The molecular formula is C17H16N4O2S. The minimum atomic E-state index is -0.289. The summed E-state index contributed by atoms with van der Waals surface area (Å²) in [7, 11) is 0. The molecule has 0 atom stereocenters. The van der Waals surface area contributed by atoms with Crippen LogP contribution in [0.25, 0.3) is 11.0 Å². The smallest absolute Gasteiger partial charge is 0.245 e. The van der Waals surface area contributed by atoms with Gasteiger partial charge in [0.2, 0.25) is 5.91 Å². The van der Waals surface area contributed by atoms with E-state index in [9.17, 15) is 4.79 Å². The topological polar surface area (TPSA) is 84.4 Å². The summed E-state index contributed by atoms with van der Waals surface area (Å²) in [6.07, 6.45) is 0.0575. The standard InChI is InChI=1S/C17H16N4O2S/c1-11-6-8-12(9-7-11)21(17(18)24)19-16(22)10-14-13-4-2-3-5-15(13)23-20-14/h2-9H,10H2,1H3,(H2,18,24)(H,19,22). The minimum Gasteiger partial charge on any atom is -0.374 e. The van der Waals surface area contributed by atoms with Crippen molar-refractivity contribution in [2.75, 3.05) is 5.01 Å². The number of hydrazine groups is 1. The van der Waals surface area contributed by atoms with E-state index in [2.05, 4.69) is 10.6 Å². The number of benzene rings is 2. The Bertz CT molecular complexity index is 889. The minimum absolute atomic E-state index is 0.0530. The molecule has 0 aliphatic carbocycles. The van der Waals surface area contributed by atoms with Crippen LogP contribution in [0.1, 0.15) is 11.3 Å². The fraction of sp³-hybridized carbons (Fsp3) is 0.118. The number of nitrogens with zero attached hydrogens (tertiary/aromatic N) is 2. The van der Waals surface area contributed by atoms with E-state index in [0.29, 0.717) is 17.0 Å². The van der Waals surface area contributed by atoms with E-state index >= 15 is 0 Å². The zero-order valence-electron chi connectivity index (χ0n) is 13.0. The molecule has 24 heavy (non-hydrogen) atoms. The number of aromatic nitrogens is 1. The number of carbonyl (C=O) groups excluding carboxylic acids is 1. The van der Waals surface area contributed by atoms with Crippen molar-refractivity contribution in [3.8, 4) is 0 Å². The van der Waals surface area contributed by atoms with Crippen molar-refractivity contribution >= 4 is 39.9 Å². The van der Waals surface area contributed by atoms with E-state index in [1.807, 2.05) is 49.4 Å². The van der Waals surface area contributed by atoms with Crippen LogP contribution in [0.15, 0.2) is 53.1 Å². The first kappa shape index (κ1) is 15.9. The van der Waals surface area contributed by atoms with E-state index in [4.69, 9.17) is 22.5 Å². The third-order valence-corrected chi connectivity index (χ3v) is 3.71. The van der Waals surface area contributed by atoms with Crippen molar-refractivity contribution in [2.24, 2.45) is 5.73 Å². The molecule has 3 rings (SSSR count). The molecular weight excluding hydrogens is 324 g/mol. The maximum atomic E-state index is 12.4. The van der Waals surface area contributed by atoms with Crippen LogP contribution in [0, 0.1) is 6.92 Å². The number of amides is 1. The largest absolute Gasteiger partial charge is 0.374 e. The molecule has 7 heteroatoms. The molecule has 1 heterocycles. The molecule has 0 aliphatic heterocycles. The van der Waals surface area contributed by atoms with Gasteiger partial charge in [0.15, 0.2) is 10.7 Å². The van der Waals surface area contributed by atoms with Gasteiger partial charge in [-0.1, -0.05) is 35.0 Å². The summed E-state index contributed by atoms with van der Waals surface area (Å²) in [5, 5.41) is 6.19. The second kappa shape index (κ2) is 6.67. The van der Waals surface area contributed by atoms with Gasteiger partial charge in [0.1, 0.15) is 5.69 Å². The summed E-state index contributed by atoms with van der Waals surface area (Å²) in [5.74, 6) is -0.289. The first-order valence-electron chi connectivity index (χ1n) is 7.33. The molecule has 0 saturated carbocycles. The van der Waals surface area contributed by atoms with Crippen molar-refractivity contribution in [3.63, 3.8) is 0 Å². The predicted molar refractivity (Wildman–Crippen MR) is 96.3 cm³/mol. The Labute approximate surface area is 144 Å². The van der Waals surface area contributed by atoms with E-state index in [1.54, 1.807) is 6.07 Å². The lowest BCUT2D eigenvalue weighted by Crippen LogP contribution is -2.49. The highest BCUT2D eigenvalue weighted by Crippen LogP contribution is 2.18. The molecule has 0 spiro atoms. The van der Waals surface area contributed by atoms with Crippen molar-refractivity contribution in [1.29, 1.82) is 0 Å². The van der Waals surface area contributed by atoms with Crippen LogP contribution in [-0.4, -0.2) is 16.2 Å². The molecule has 122 valence electrons. The number of hydrogen-bond acceptors (Lipinski definition) is 4. The Morgan fingerprint density at radius 2 is 1.96 bits per heavy atom. The van der Waals surface area contributed by atoms with Gasteiger partial charge in [0.05, 0.1) is 12.1 Å². The molecule has 3 aromatic rings. The monoisotopic (exact) mass is 340 g/mol. The fourth-order valence-electron chi connectivity index (χ4n) is 2.32. The summed E-state index contributed by atoms with van der Waals surface area (Å²) >= 11 is 5.03. The Morgan fingerprint density at radius 1 is 1.25 bits per heavy atom. The second-order valence-corrected chi connectivity index (χ2v) is 5.76. The Morgan fingerprint density at radius 3 is 2.67 bits per heavy atom. The number of carbonyl (C=O) groups is 1. The quantitative estimate of drug-likeness (QED) is 0.563. The average molecular weight is 340 g/mol. The van der Waals surface area contributed by atoms with Gasteiger partial charge in [-0.05, 0) is 43.4 Å². The number of rotatable bonds is 3.